The molecule has 2 N–H and O–H groups in total. The molecule has 2 aromatic heterocycles. The third-order valence-electron chi connectivity index (χ3n) is 2.23. The highest BCUT2D eigenvalue weighted by molar-refractivity contribution is 6.30. The normalized spacial score (nSPS) is 11.8. The van der Waals surface area contributed by atoms with Gasteiger partial charge in [0.05, 0.1) is 17.4 Å². The SMILES string of the molecule is NCc1ccc(C(F)(F)F)nc1-n1cc(Cl)cn1. The molecule has 2 rings (SSSR count). The number of hydrogen-bond donors (Lipinski definition) is 1. The average molecular weight is 277 g/mol. The summed E-state index contributed by atoms with van der Waals surface area (Å²) in [6, 6.07) is 2.16. The van der Waals surface area contributed by atoms with Crippen LogP contribution in [-0.4, -0.2) is 14.8 Å². The van der Waals surface area contributed by atoms with Gasteiger partial charge in [-0.2, -0.15) is 18.3 Å². The van der Waals surface area contributed by atoms with Crippen LogP contribution in [0.5, 0.6) is 0 Å². The average Bonchev–Trinajstić information content (AvgIpc) is 2.73. The maximum absolute atomic E-state index is 12.6. The highest BCUT2D eigenvalue weighted by atomic mass is 35.5. The lowest BCUT2D eigenvalue weighted by atomic mass is 10.2. The second-order valence-corrected chi connectivity index (χ2v) is 3.92. The van der Waals surface area contributed by atoms with Gasteiger partial charge in [-0.05, 0) is 6.07 Å². The molecule has 96 valence electrons. The van der Waals surface area contributed by atoms with Gasteiger partial charge in [0.1, 0.15) is 5.69 Å². The van der Waals surface area contributed by atoms with E-state index in [0.29, 0.717) is 10.6 Å². The lowest BCUT2D eigenvalue weighted by molar-refractivity contribution is -0.141. The van der Waals surface area contributed by atoms with Crippen molar-refractivity contribution in [3.8, 4) is 5.82 Å². The number of aromatic nitrogens is 3. The molecule has 4 nitrogen and oxygen atoms in total. The first-order valence-electron chi connectivity index (χ1n) is 4.89. The zero-order valence-electron chi connectivity index (χ0n) is 8.95. The largest absolute Gasteiger partial charge is 0.433 e. The van der Waals surface area contributed by atoms with E-state index < -0.39 is 11.9 Å². The number of hydrogen-bond acceptors (Lipinski definition) is 3. The van der Waals surface area contributed by atoms with Crippen LogP contribution in [0.25, 0.3) is 5.82 Å². The molecule has 0 bridgehead atoms. The van der Waals surface area contributed by atoms with Crippen LogP contribution in [0.15, 0.2) is 24.5 Å². The number of nitrogens with two attached hydrogens (primary N) is 1. The number of pyridine rings is 1. The first-order chi connectivity index (χ1) is 8.41. The van der Waals surface area contributed by atoms with Gasteiger partial charge >= 0.3 is 6.18 Å². The number of rotatable bonds is 2. The molecule has 0 atom stereocenters. The van der Waals surface area contributed by atoms with E-state index in [2.05, 4.69) is 10.1 Å². The molecular formula is C10H8ClF3N4. The summed E-state index contributed by atoms with van der Waals surface area (Å²) in [7, 11) is 0. The van der Waals surface area contributed by atoms with Gasteiger partial charge in [0, 0.05) is 12.1 Å². The third-order valence-corrected chi connectivity index (χ3v) is 2.43. The van der Waals surface area contributed by atoms with Crippen LogP contribution in [-0.2, 0) is 12.7 Å². The van der Waals surface area contributed by atoms with Crippen molar-refractivity contribution in [3.05, 3.63) is 40.8 Å². The van der Waals surface area contributed by atoms with Gasteiger partial charge in [0.2, 0.25) is 0 Å². The third kappa shape index (κ3) is 2.46. The van der Waals surface area contributed by atoms with Crippen molar-refractivity contribution in [2.24, 2.45) is 5.73 Å². The Balaban J connectivity index is 2.56. The summed E-state index contributed by atoms with van der Waals surface area (Å²) in [6.07, 6.45) is -1.84. The summed E-state index contributed by atoms with van der Waals surface area (Å²) in [5.74, 6) is 0.0271. The Morgan fingerprint density at radius 3 is 2.56 bits per heavy atom. The molecule has 0 aliphatic carbocycles. The topological polar surface area (TPSA) is 56.7 Å². The van der Waals surface area contributed by atoms with Crippen molar-refractivity contribution < 1.29 is 13.2 Å². The summed E-state index contributed by atoms with van der Waals surface area (Å²) < 4.78 is 38.9. The highest BCUT2D eigenvalue weighted by Gasteiger charge is 2.33. The van der Waals surface area contributed by atoms with Crippen LogP contribution in [0.3, 0.4) is 0 Å². The second kappa shape index (κ2) is 4.58. The summed E-state index contributed by atoms with van der Waals surface area (Å²) in [5.41, 5.74) is 4.91. The monoisotopic (exact) mass is 276 g/mol. The minimum Gasteiger partial charge on any atom is -0.326 e. The standard InChI is InChI=1S/C10H8ClF3N4/c11-7-4-16-18(5-7)9-6(3-15)1-2-8(17-9)10(12,13)14/h1-2,4-5H,3,15H2. The van der Waals surface area contributed by atoms with Crippen LogP contribution in [0, 0.1) is 0 Å². The highest BCUT2D eigenvalue weighted by Crippen LogP contribution is 2.29. The Hall–Kier alpha value is -1.60. The molecule has 8 heteroatoms. The van der Waals surface area contributed by atoms with E-state index in [1.54, 1.807) is 0 Å². The summed E-state index contributed by atoms with van der Waals surface area (Å²) >= 11 is 5.67. The van der Waals surface area contributed by atoms with Gasteiger partial charge < -0.3 is 5.73 Å². The predicted octanol–water partition coefficient (Wildman–Crippen LogP) is 2.40. The Kier molecular flexibility index (Phi) is 3.27. The first-order valence-corrected chi connectivity index (χ1v) is 5.27. The fourth-order valence-electron chi connectivity index (χ4n) is 1.41. The van der Waals surface area contributed by atoms with E-state index in [9.17, 15) is 13.2 Å². The number of nitrogens with zero attached hydrogens (tertiary/aromatic N) is 3. The van der Waals surface area contributed by atoms with Crippen LogP contribution in [0.4, 0.5) is 13.2 Å². The van der Waals surface area contributed by atoms with E-state index in [1.807, 2.05) is 0 Å². The quantitative estimate of drug-likeness (QED) is 0.916. The molecule has 0 spiro atoms. The minimum absolute atomic E-state index is 0.0271. The summed E-state index contributed by atoms with van der Waals surface area (Å²) in [6.45, 7) is 0.0535. The van der Waals surface area contributed by atoms with Gasteiger partial charge in [-0.15, -0.1) is 0 Å². The molecule has 0 saturated carbocycles. The molecule has 0 aromatic carbocycles. The molecule has 2 heterocycles. The molecule has 0 aliphatic heterocycles. The van der Waals surface area contributed by atoms with Crippen molar-refractivity contribution in [1.82, 2.24) is 14.8 Å². The second-order valence-electron chi connectivity index (χ2n) is 3.48. The van der Waals surface area contributed by atoms with E-state index >= 15 is 0 Å². The maximum atomic E-state index is 12.6. The van der Waals surface area contributed by atoms with Crippen LogP contribution >= 0.6 is 11.6 Å². The lowest BCUT2D eigenvalue weighted by Gasteiger charge is -2.11. The fraction of sp³-hybridized carbons (Fsp3) is 0.200. The van der Waals surface area contributed by atoms with Gasteiger partial charge in [-0.1, -0.05) is 17.7 Å². The molecule has 0 saturated heterocycles. The smallest absolute Gasteiger partial charge is 0.326 e. The van der Waals surface area contributed by atoms with Crippen molar-refractivity contribution in [2.45, 2.75) is 12.7 Å². The van der Waals surface area contributed by atoms with Crippen molar-refractivity contribution in [3.63, 3.8) is 0 Å². The van der Waals surface area contributed by atoms with E-state index in [-0.39, 0.29) is 12.4 Å². The molecule has 2 aromatic rings. The molecule has 0 aliphatic rings. The summed E-state index contributed by atoms with van der Waals surface area (Å²) in [4.78, 5) is 3.54. The van der Waals surface area contributed by atoms with Crippen LogP contribution < -0.4 is 5.73 Å². The Morgan fingerprint density at radius 1 is 1.33 bits per heavy atom. The van der Waals surface area contributed by atoms with E-state index in [0.717, 1.165) is 6.07 Å². The lowest BCUT2D eigenvalue weighted by Crippen LogP contribution is -2.14. The Labute approximate surface area is 105 Å². The van der Waals surface area contributed by atoms with Gasteiger partial charge in [0.15, 0.2) is 5.82 Å². The zero-order chi connectivity index (χ0) is 13.3. The minimum atomic E-state index is -4.52. The van der Waals surface area contributed by atoms with Crippen LogP contribution in [0.2, 0.25) is 5.02 Å². The first kappa shape index (κ1) is 12.8. The van der Waals surface area contributed by atoms with Gasteiger partial charge in [-0.3, -0.25) is 0 Å². The zero-order valence-corrected chi connectivity index (χ0v) is 9.70. The van der Waals surface area contributed by atoms with Crippen molar-refractivity contribution in [1.29, 1.82) is 0 Å². The Morgan fingerprint density at radius 2 is 2.06 bits per heavy atom. The van der Waals surface area contributed by atoms with Gasteiger partial charge in [0.25, 0.3) is 0 Å². The molecular weight excluding hydrogens is 269 g/mol. The predicted molar refractivity (Wildman–Crippen MR) is 59.3 cm³/mol. The molecule has 0 amide bonds. The molecule has 0 unspecified atom stereocenters. The summed E-state index contributed by atoms with van der Waals surface area (Å²) in [5, 5.41) is 4.12. The van der Waals surface area contributed by atoms with Crippen molar-refractivity contribution in [2.75, 3.05) is 0 Å². The van der Waals surface area contributed by atoms with Gasteiger partial charge in [-0.25, -0.2) is 9.67 Å². The molecule has 0 radical (unpaired) electrons. The number of alkyl halides is 3. The maximum Gasteiger partial charge on any atom is 0.433 e. The van der Waals surface area contributed by atoms with Crippen molar-refractivity contribution >= 4 is 11.6 Å². The molecule has 18 heavy (non-hydrogen) atoms. The Bertz CT molecular complexity index is 564. The fourth-order valence-corrected chi connectivity index (χ4v) is 1.55. The molecule has 0 fully saturated rings. The van der Waals surface area contributed by atoms with Crippen LogP contribution in [0.1, 0.15) is 11.3 Å². The van der Waals surface area contributed by atoms with E-state index in [1.165, 1.54) is 23.1 Å². The number of halogens is 4. The van der Waals surface area contributed by atoms with E-state index in [4.69, 9.17) is 17.3 Å².